The zero-order valence-electron chi connectivity index (χ0n) is 15.9. The van der Waals surface area contributed by atoms with Gasteiger partial charge in [-0.2, -0.15) is 0 Å². The maximum absolute atomic E-state index is 12.6. The maximum atomic E-state index is 12.6. The summed E-state index contributed by atoms with van der Waals surface area (Å²) in [5.74, 6) is -0.104. The third kappa shape index (κ3) is 3.14. The van der Waals surface area contributed by atoms with E-state index in [0.29, 0.717) is 18.9 Å². The lowest BCUT2D eigenvalue weighted by atomic mass is 9.90. The van der Waals surface area contributed by atoms with Crippen LogP contribution in [0.3, 0.4) is 0 Å². The van der Waals surface area contributed by atoms with Crippen molar-refractivity contribution >= 4 is 22.6 Å². The second-order valence-corrected chi connectivity index (χ2v) is 7.68. The summed E-state index contributed by atoms with van der Waals surface area (Å²) in [5, 5.41) is 9.95. The summed E-state index contributed by atoms with van der Waals surface area (Å²) in [6, 6.07) is 11.4. The van der Waals surface area contributed by atoms with Crippen molar-refractivity contribution in [3.05, 3.63) is 69.1 Å². The average molecular weight is 391 g/mol. The molecule has 0 saturated carbocycles. The molecule has 0 atom stereocenters. The van der Waals surface area contributed by atoms with Crippen molar-refractivity contribution in [3.8, 4) is 5.75 Å². The minimum Gasteiger partial charge on any atom is -0.481 e. The Bertz CT molecular complexity index is 1160. The Labute approximate surface area is 167 Å². The molecule has 148 valence electrons. The van der Waals surface area contributed by atoms with E-state index in [1.54, 1.807) is 0 Å². The van der Waals surface area contributed by atoms with E-state index in [4.69, 9.17) is 14.3 Å². The van der Waals surface area contributed by atoms with Gasteiger partial charge in [-0.15, -0.1) is 0 Å². The summed E-state index contributed by atoms with van der Waals surface area (Å²) in [6.45, 7) is 0.943. The van der Waals surface area contributed by atoms with Crippen LogP contribution in [0.15, 0.2) is 45.6 Å². The molecule has 0 saturated heterocycles. The molecule has 2 aromatic carbocycles. The topological polar surface area (TPSA) is 80.0 Å². The van der Waals surface area contributed by atoms with Crippen LogP contribution in [0.2, 0.25) is 0 Å². The van der Waals surface area contributed by atoms with E-state index in [1.807, 2.05) is 41.3 Å². The van der Waals surface area contributed by atoms with Crippen LogP contribution in [-0.4, -0.2) is 17.8 Å². The van der Waals surface area contributed by atoms with Crippen molar-refractivity contribution in [1.29, 1.82) is 0 Å². The Balaban J connectivity index is 1.53. The number of hydrogen-bond donors (Lipinski definition) is 1. The van der Waals surface area contributed by atoms with E-state index >= 15 is 0 Å². The summed E-state index contributed by atoms with van der Waals surface area (Å²) in [6.07, 6.45) is 3.82. The molecule has 5 rings (SSSR count). The molecule has 2 heterocycles. The summed E-state index contributed by atoms with van der Waals surface area (Å²) >= 11 is 0. The second-order valence-electron chi connectivity index (χ2n) is 7.68. The number of rotatable bonds is 3. The first kappa shape index (κ1) is 17.8. The lowest BCUT2D eigenvalue weighted by Gasteiger charge is -2.31. The Kier molecular flexibility index (Phi) is 4.27. The van der Waals surface area contributed by atoms with Gasteiger partial charge in [0.05, 0.1) is 18.5 Å². The van der Waals surface area contributed by atoms with Crippen LogP contribution in [0.25, 0.3) is 11.0 Å². The van der Waals surface area contributed by atoms with Crippen molar-refractivity contribution in [2.24, 2.45) is 0 Å². The van der Waals surface area contributed by atoms with Crippen molar-refractivity contribution < 1.29 is 19.1 Å². The van der Waals surface area contributed by atoms with Gasteiger partial charge in [0, 0.05) is 16.6 Å². The van der Waals surface area contributed by atoms with Crippen molar-refractivity contribution in [2.75, 3.05) is 11.6 Å². The number of hydrogen-bond acceptors (Lipinski definition) is 5. The minimum absolute atomic E-state index is 0.000514. The molecule has 1 aliphatic heterocycles. The Morgan fingerprint density at radius 2 is 1.76 bits per heavy atom. The number of anilines is 1. The number of nitrogens with zero attached hydrogens (tertiary/aromatic N) is 1. The van der Waals surface area contributed by atoms with Crippen LogP contribution in [0, 0.1) is 0 Å². The zero-order valence-corrected chi connectivity index (χ0v) is 15.9. The number of ether oxygens (including phenoxy) is 1. The number of aliphatic carboxylic acids is 1. The third-order valence-corrected chi connectivity index (χ3v) is 5.83. The number of carboxylic acid groups (broad SMARTS) is 1. The molecule has 0 unspecified atom stereocenters. The zero-order chi connectivity index (χ0) is 20.0. The van der Waals surface area contributed by atoms with Gasteiger partial charge in [0.15, 0.2) is 6.73 Å². The van der Waals surface area contributed by atoms with E-state index < -0.39 is 5.97 Å². The Hall–Kier alpha value is -3.28. The fourth-order valence-electron chi connectivity index (χ4n) is 4.38. The molecule has 1 N–H and O–H groups in total. The molecule has 29 heavy (non-hydrogen) atoms. The van der Waals surface area contributed by atoms with Crippen LogP contribution in [0.1, 0.15) is 35.1 Å². The summed E-state index contributed by atoms with van der Waals surface area (Å²) < 4.78 is 11.7. The molecular formula is C23H21NO5. The van der Waals surface area contributed by atoms with E-state index in [9.17, 15) is 9.59 Å². The monoisotopic (exact) mass is 391 g/mol. The van der Waals surface area contributed by atoms with Crippen LogP contribution < -0.4 is 15.3 Å². The molecule has 0 amide bonds. The van der Waals surface area contributed by atoms with Crippen LogP contribution in [0.4, 0.5) is 5.69 Å². The molecule has 0 bridgehead atoms. The summed E-state index contributed by atoms with van der Waals surface area (Å²) in [5.41, 5.74) is 4.92. The molecule has 2 aliphatic rings. The van der Waals surface area contributed by atoms with Crippen LogP contribution in [-0.2, 0) is 30.6 Å². The normalized spacial score (nSPS) is 15.5. The summed E-state index contributed by atoms with van der Waals surface area (Å²) in [4.78, 5) is 25.5. The first-order valence-corrected chi connectivity index (χ1v) is 9.89. The van der Waals surface area contributed by atoms with E-state index in [-0.39, 0.29) is 12.0 Å². The smallest absolute Gasteiger partial charge is 0.339 e. The van der Waals surface area contributed by atoms with E-state index in [0.717, 1.165) is 64.8 Å². The molecular weight excluding hydrogens is 370 g/mol. The van der Waals surface area contributed by atoms with Gasteiger partial charge in [-0.3, -0.25) is 4.79 Å². The van der Waals surface area contributed by atoms with Crippen molar-refractivity contribution in [2.45, 2.75) is 38.6 Å². The third-order valence-electron chi connectivity index (χ3n) is 5.83. The highest BCUT2D eigenvalue weighted by Gasteiger charge is 2.25. The highest BCUT2D eigenvalue weighted by atomic mass is 16.5. The standard InChI is InChI=1S/C23H21NO5/c25-21(26)11-14-5-7-15(8-6-14)24-12-19-20(28-13-24)10-9-17-16-3-1-2-4-18(16)23(27)29-22(17)19/h5-10H,1-4,11-13H2,(H,25,26). The number of aryl methyl sites for hydroxylation is 1. The van der Waals surface area contributed by atoms with Gasteiger partial charge < -0.3 is 19.2 Å². The van der Waals surface area contributed by atoms with E-state index in [1.165, 1.54) is 0 Å². The molecule has 6 heteroatoms. The predicted molar refractivity (Wildman–Crippen MR) is 109 cm³/mol. The van der Waals surface area contributed by atoms with Gasteiger partial charge in [0.25, 0.3) is 0 Å². The van der Waals surface area contributed by atoms with Crippen molar-refractivity contribution in [3.63, 3.8) is 0 Å². The molecule has 0 radical (unpaired) electrons. The van der Waals surface area contributed by atoms with Crippen LogP contribution >= 0.6 is 0 Å². The highest BCUT2D eigenvalue weighted by molar-refractivity contribution is 5.86. The largest absolute Gasteiger partial charge is 0.481 e. The van der Waals surface area contributed by atoms with Gasteiger partial charge in [-0.05, 0) is 61.1 Å². The number of benzene rings is 2. The molecule has 6 nitrogen and oxygen atoms in total. The Morgan fingerprint density at radius 3 is 2.52 bits per heavy atom. The summed E-state index contributed by atoms with van der Waals surface area (Å²) in [7, 11) is 0. The van der Waals surface area contributed by atoms with Crippen molar-refractivity contribution in [1.82, 2.24) is 0 Å². The van der Waals surface area contributed by atoms with E-state index in [2.05, 4.69) is 0 Å². The predicted octanol–water partition coefficient (Wildman–Crippen LogP) is 3.66. The van der Waals surface area contributed by atoms with Gasteiger partial charge in [-0.1, -0.05) is 12.1 Å². The number of carbonyl (C=O) groups is 1. The lowest BCUT2D eigenvalue weighted by Crippen LogP contribution is -2.32. The maximum Gasteiger partial charge on any atom is 0.339 e. The SMILES string of the molecule is O=C(O)Cc1ccc(N2COc3ccc4c5c(c(=O)oc4c3C2)CCCC5)cc1. The first-order valence-electron chi connectivity index (χ1n) is 9.89. The van der Waals surface area contributed by atoms with Gasteiger partial charge in [0.1, 0.15) is 11.3 Å². The van der Waals surface area contributed by atoms with Crippen LogP contribution in [0.5, 0.6) is 5.75 Å². The number of fused-ring (bicyclic) bond motifs is 5. The fourth-order valence-corrected chi connectivity index (χ4v) is 4.38. The fraction of sp³-hybridized carbons (Fsp3) is 0.304. The second kappa shape index (κ2) is 6.95. The average Bonchev–Trinajstić information content (AvgIpc) is 2.74. The first-order chi connectivity index (χ1) is 14.1. The van der Waals surface area contributed by atoms with Gasteiger partial charge in [-0.25, -0.2) is 4.79 Å². The highest BCUT2D eigenvalue weighted by Crippen LogP contribution is 2.36. The lowest BCUT2D eigenvalue weighted by molar-refractivity contribution is -0.136. The number of carboxylic acids is 1. The van der Waals surface area contributed by atoms with Gasteiger partial charge in [0.2, 0.25) is 0 Å². The molecule has 3 aromatic rings. The molecule has 1 aliphatic carbocycles. The quantitative estimate of drug-likeness (QED) is 0.687. The molecule has 1 aromatic heterocycles. The molecule has 0 fully saturated rings. The van der Waals surface area contributed by atoms with Gasteiger partial charge >= 0.3 is 11.6 Å². The Morgan fingerprint density at radius 1 is 1.00 bits per heavy atom. The molecule has 0 spiro atoms. The minimum atomic E-state index is -0.849.